The van der Waals surface area contributed by atoms with Gasteiger partial charge in [0.15, 0.2) is 6.61 Å². The highest BCUT2D eigenvalue weighted by atomic mass is 79.9. The minimum atomic E-state index is -0.848. The lowest BCUT2D eigenvalue weighted by Crippen LogP contribution is -2.46. The van der Waals surface area contributed by atoms with E-state index in [4.69, 9.17) is 4.74 Å². The standard InChI is InChI=1S/C22H25BrN2O4/c1-14(2)20(25-21(27)17-7-5-4-6-8-17)22(28)29-13-19(26)24-15(3)16-9-11-18(23)12-10-16/h4-12,14-15,20H,13H2,1-3H3,(H,24,26)(H,25,27). The Balaban J connectivity index is 1.88. The van der Waals surface area contributed by atoms with Crippen molar-refractivity contribution in [3.05, 3.63) is 70.2 Å². The number of ether oxygens (including phenoxy) is 1. The largest absolute Gasteiger partial charge is 0.454 e. The number of hydrogen-bond acceptors (Lipinski definition) is 4. The Morgan fingerprint density at radius 1 is 0.931 bits per heavy atom. The minimum absolute atomic E-state index is 0.195. The molecule has 154 valence electrons. The van der Waals surface area contributed by atoms with Crippen molar-refractivity contribution < 1.29 is 19.1 Å². The van der Waals surface area contributed by atoms with E-state index in [0.717, 1.165) is 10.0 Å². The highest BCUT2D eigenvalue weighted by molar-refractivity contribution is 9.10. The maximum atomic E-state index is 12.4. The molecule has 0 aliphatic rings. The SMILES string of the molecule is CC(NC(=O)COC(=O)C(NC(=O)c1ccccc1)C(C)C)c1ccc(Br)cc1. The topological polar surface area (TPSA) is 84.5 Å². The molecule has 0 aliphatic heterocycles. The summed E-state index contributed by atoms with van der Waals surface area (Å²) in [6.07, 6.45) is 0. The molecular weight excluding hydrogens is 436 g/mol. The van der Waals surface area contributed by atoms with E-state index in [0.29, 0.717) is 5.56 Å². The smallest absolute Gasteiger partial charge is 0.329 e. The van der Waals surface area contributed by atoms with Crippen LogP contribution in [-0.4, -0.2) is 30.4 Å². The summed E-state index contributed by atoms with van der Waals surface area (Å²) >= 11 is 3.37. The second-order valence-corrected chi connectivity index (χ2v) is 7.93. The predicted octanol–water partition coefficient (Wildman–Crippen LogP) is 3.62. The molecule has 2 rings (SSSR count). The van der Waals surface area contributed by atoms with Crippen LogP contribution in [0.15, 0.2) is 59.1 Å². The predicted molar refractivity (Wildman–Crippen MR) is 114 cm³/mol. The van der Waals surface area contributed by atoms with Crippen LogP contribution in [0.25, 0.3) is 0 Å². The first-order chi connectivity index (χ1) is 13.8. The number of hydrogen-bond donors (Lipinski definition) is 2. The molecular formula is C22H25BrN2O4. The zero-order valence-electron chi connectivity index (χ0n) is 16.6. The molecule has 0 saturated heterocycles. The van der Waals surface area contributed by atoms with Gasteiger partial charge in [0.25, 0.3) is 11.8 Å². The van der Waals surface area contributed by atoms with Crippen LogP contribution >= 0.6 is 15.9 Å². The van der Waals surface area contributed by atoms with Gasteiger partial charge in [0.05, 0.1) is 6.04 Å². The fourth-order valence-corrected chi connectivity index (χ4v) is 2.92. The van der Waals surface area contributed by atoms with Crippen molar-refractivity contribution in [3.8, 4) is 0 Å². The van der Waals surface area contributed by atoms with E-state index in [1.54, 1.807) is 44.2 Å². The van der Waals surface area contributed by atoms with E-state index >= 15 is 0 Å². The van der Waals surface area contributed by atoms with Gasteiger partial charge in [-0.1, -0.05) is 60.1 Å². The van der Waals surface area contributed by atoms with E-state index in [9.17, 15) is 14.4 Å². The molecule has 2 N–H and O–H groups in total. The molecule has 0 aromatic heterocycles. The van der Waals surface area contributed by atoms with Crippen LogP contribution in [0.1, 0.15) is 42.7 Å². The fourth-order valence-electron chi connectivity index (χ4n) is 2.66. The number of halogens is 1. The van der Waals surface area contributed by atoms with Gasteiger partial charge in [-0.3, -0.25) is 9.59 Å². The third-order valence-corrected chi connectivity index (χ3v) is 4.86. The Bertz CT molecular complexity index is 838. The van der Waals surface area contributed by atoms with Crippen molar-refractivity contribution in [1.82, 2.24) is 10.6 Å². The van der Waals surface area contributed by atoms with Crippen LogP contribution in [0.4, 0.5) is 0 Å². The number of rotatable bonds is 8. The van der Waals surface area contributed by atoms with Crippen LogP contribution in [0.5, 0.6) is 0 Å². The molecule has 0 fully saturated rings. The highest BCUT2D eigenvalue weighted by Gasteiger charge is 2.27. The Labute approximate surface area is 179 Å². The van der Waals surface area contributed by atoms with Gasteiger partial charge in [0, 0.05) is 10.0 Å². The van der Waals surface area contributed by atoms with Gasteiger partial charge in [-0.25, -0.2) is 4.79 Å². The molecule has 0 radical (unpaired) electrons. The van der Waals surface area contributed by atoms with Gasteiger partial charge >= 0.3 is 5.97 Å². The van der Waals surface area contributed by atoms with Gasteiger partial charge < -0.3 is 15.4 Å². The molecule has 0 aliphatic carbocycles. The number of carbonyl (C=O) groups excluding carboxylic acids is 3. The Hall–Kier alpha value is -2.67. The Morgan fingerprint density at radius 2 is 1.55 bits per heavy atom. The average Bonchev–Trinajstić information content (AvgIpc) is 2.70. The molecule has 2 aromatic rings. The summed E-state index contributed by atoms with van der Waals surface area (Å²) in [6.45, 7) is 5.03. The molecule has 2 aromatic carbocycles. The lowest BCUT2D eigenvalue weighted by molar-refractivity contribution is -0.151. The van der Waals surface area contributed by atoms with Gasteiger partial charge in [0.2, 0.25) is 0 Å². The van der Waals surface area contributed by atoms with Crippen molar-refractivity contribution in [2.45, 2.75) is 32.9 Å². The molecule has 2 amide bonds. The molecule has 0 heterocycles. The van der Waals surface area contributed by atoms with Crippen molar-refractivity contribution in [2.24, 2.45) is 5.92 Å². The number of esters is 1. The zero-order valence-corrected chi connectivity index (χ0v) is 18.2. The van der Waals surface area contributed by atoms with Gasteiger partial charge in [-0.15, -0.1) is 0 Å². The molecule has 2 atom stereocenters. The maximum absolute atomic E-state index is 12.4. The third-order valence-electron chi connectivity index (χ3n) is 4.34. The first-order valence-corrected chi connectivity index (χ1v) is 10.1. The highest BCUT2D eigenvalue weighted by Crippen LogP contribution is 2.16. The van der Waals surface area contributed by atoms with E-state index < -0.39 is 24.5 Å². The lowest BCUT2D eigenvalue weighted by Gasteiger charge is -2.21. The van der Waals surface area contributed by atoms with E-state index in [1.165, 1.54) is 0 Å². The minimum Gasteiger partial charge on any atom is -0.454 e. The maximum Gasteiger partial charge on any atom is 0.329 e. The molecule has 0 bridgehead atoms. The van der Waals surface area contributed by atoms with Gasteiger partial charge in [0.1, 0.15) is 6.04 Å². The summed E-state index contributed by atoms with van der Waals surface area (Å²) in [7, 11) is 0. The summed E-state index contributed by atoms with van der Waals surface area (Å²) in [4.78, 5) is 36.9. The van der Waals surface area contributed by atoms with E-state index in [1.807, 2.05) is 31.2 Å². The lowest BCUT2D eigenvalue weighted by atomic mass is 10.0. The molecule has 7 heteroatoms. The summed E-state index contributed by atoms with van der Waals surface area (Å²) in [5, 5.41) is 5.47. The molecule has 0 saturated carbocycles. The number of amides is 2. The molecule has 6 nitrogen and oxygen atoms in total. The van der Waals surface area contributed by atoms with Gasteiger partial charge in [-0.05, 0) is 42.7 Å². The molecule has 29 heavy (non-hydrogen) atoms. The first kappa shape index (κ1) is 22.6. The third kappa shape index (κ3) is 7.02. The average molecular weight is 461 g/mol. The number of benzene rings is 2. The van der Waals surface area contributed by atoms with E-state index in [-0.39, 0.29) is 17.9 Å². The Kier molecular flexibility index (Phi) is 8.39. The summed E-state index contributed by atoms with van der Waals surface area (Å²) < 4.78 is 6.10. The summed E-state index contributed by atoms with van der Waals surface area (Å²) in [5.74, 6) is -1.61. The summed E-state index contributed by atoms with van der Waals surface area (Å²) in [6, 6.07) is 15.1. The fraction of sp³-hybridized carbons (Fsp3) is 0.318. The number of nitrogens with one attached hydrogen (secondary N) is 2. The second-order valence-electron chi connectivity index (χ2n) is 7.01. The summed E-state index contributed by atoms with van der Waals surface area (Å²) in [5.41, 5.74) is 1.38. The number of carbonyl (C=O) groups is 3. The molecule has 0 spiro atoms. The van der Waals surface area contributed by atoms with Crippen molar-refractivity contribution in [3.63, 3.8) is 0 Å². The van der Waals surface area contributed by atoms with Crippen LogP contribution in [0.2, 0.25) is 0 Å². The van der Waals surface area contributed by atoms with Gasteiger partial charge in [-0.2, -0.15) is 0 Å². The molecule has 2 unspecified atom stereocenters. The zero-order chi connectivity index (χ0) is 21.4. The van der Waals surface area contributed by atoms with Crippen molar-refractivity contribution >= 4 is 33.7 Å². The van der Waals surface area contributed by atoms with Crippen molar-refractivity contribution in [2.75, 3.05) is 6.61 Å². The van der Waals surface area contributed by atoms with Crippen LogP contribution in [0, 0.1) is 5.92 Å². The van der Waals surface area contributed by atoms with Crippen LogP contribution in [-0.2, 0) is 14.3 Å². The first-order valence-electron chi connectivity index (χ1n) is 9.35. The van der Waals surface area contributed by atoms with Crippen LogP contribution in [0.3, 0.4) is 0 Å². The quantitative estimate of drug-likeness (QED) is 0.589. The van der Waals surface area contributed by atoms with E-state index in [2.05, 4.69) is 26.6 Å². The normalized spacial score (nSPS) is 12.7. The Morgan fingerprint density at radius 3 is 2.14 bits per heavy atom. The van der Waals surface area contributed by atoms with Crippen molar-refractivity contribution in [1.29, 1.82) is 0 Å². The second kappa shape index (κ2) is 10.8. The van der Waals surface area contributed by atoms with Crippen LogP contribution < -0.4 is 10.6 Å². The monoisotopic (exact) mass is 460 g/mol.